The quantitative estimate of drug-likeness (QED) is 0.515. The summed E-state index contributed by atoms with van der Waals surface area (Å²) in [5.74, 6) is 0.541. The number of fused-ring (bicyclic) bond motifs is 1. The summed E-state index contributed by atoms with van der Waals surface area (Å²) >= 11 is 11.1. The molecule has 1 amide bonds. The number of anilines is 1. The molecule has 2 aromatic carbocycles. The second-order valence-corrected chi connectivity index (χ2v) is 8.49. The van der Waals surface area contributed by atoms with Crippen LogP contribution < -0.4 is 9.64 Å². The molecule has 0 saturated heterocycles. The van der Waals surface area contributed by atoms with Gasteiger partial charge in [0.25, 0.3) is 5.91 Å². The summed E-state index contributed by atoms with van der Waals surface area (Å²) in [6.45, 7) is 1.23. The number of hydrogen-bond donors (Lipinski definition) is 0. The molecule has 0 unspecified atom stereocenters. The Morgan fingerprint density at radius 2 is 1.89 bits per heavy atom. The standard InChI is InChI=1S/C19H19BrClN3O2S/c1-23(2)10-11-24(18(25)12-4-6-13(20)7-5-12)19-22-16-15(26-3)9-8-14(21)17(16)27-19/h4-9H,10-11H2,1-3H3. The number of likely N-dealkylation sites (N-methyl/N-ethyl adjacent to an activating group) is 1. The lowest BCUT2D eigenvalue weighted by Gasteiger charge is -2.22. The van der Waals surface area contributed by atoms with Crippen molar-refractivity contribution < 1.29 is 9.53 Å². The largest absolute Gasteiger partial charge is 0.494 e. The Balaban J connectivity index is 2.05. The van der Waals surface area contributed by atoms with Crippen LogP contribution in [0.15, 0.2) is 40.9 Å². The van der Waals surface area contributed by atoms with Crippen molar-refractivity contribution in [1.29, 1.82) is 0 Å². The van der Waals surface area contributed by atoms with Crippen molar-refractivity contribution in [2.24, 2.45) is 0 Å². The second-order valence-electron chi connectivity index (χ2n) is 6.19. The molecular formula is C19H19BrClN3O2S. The Bertz CT molecular complexity index is 959. The maximum Gasteiger partial charge on any atom is 0.260 e. The molecule has 1 heterocycles. The van der Waals surface area contributed by atoms with Gasteiger partial charge in [-0.15, -0.1) is 0 Å². The molecule has 5 nitrogen and oxygen atoms in total. The van der Waals surface area contributed by atoms with Crippen LogP contribution in [0.4, 0.5) is 5.13 Å². The van der Waals surface area contributed by atoms with Gasteiger partial charge in [-0.2, -0.15) is 0 Å². The number of ether oxygens (including phenoxy) is 1. The number of amides is 1. The van der Waals surface area contributed by atoms with Gasteiger partial charge in [-0.3, -0.25) is 9.69 Å². The molecule has 3 rings (SSSR count). The molecule has 27 heavy (non-hydrogen) atoms. The maximum absolute atomic E-state index is 13.2. The van der Waals surface area contributed by atoms with Gasteiger partial charge in [0, 0.05) is 23.1 Å². The van der Waals surface area contributed by atoms with E-state index in [1.54, 1.807) is 36.3 Å². The maximum atomic E-state index is 13.2. The van der Waals surface area contributed by atoms with Crippen molar-refractivity contribution in [2.45, 2.75) is 0 Å². The normalized spacial score (nSPS) is 11.2. The third-order valence-electron chi connectivity index (χ3n) is 4.01. The predicted octanol–water partition coefficient (Wildman–Crippen LogP) is 4.93. The molecule has 3 aromatic rings. The van der Waals surface area contributed by atoms with E-state index in [9.17, 15) is 4.79 Å². The smallest absolute Gasteiger partial charge is 0.260 e. The topological polar surface area (TPSA) is 45.7 Å². The highest BCUT2D eigenvalue weighted by Gasteiger charge is 2.23. The van der Waals surface area contributed by atoms with Crippen LogP contribution in [0, 0.1) is 0 Å². The Morgan fingerprint density at radius 3 is 2.52 bits per heavy atom. The summed E-state index contributed by atoms with van der Waals surface area (Å²) in [6.07, 6.45) is 0. The summed E-state index contributed by atoms with van der Waals surface area (Å²) in [4.78, 5) is 21.6. The van der Waals surface area contributed by atoms with Crippen molar-refractivity contribution in [3.8, 4) is 5.75 Å². The third-order valence-corrected chi connectivity index (χ3v) is 6.07. The highest BCUT2D eigenvalue weighted by molar-refractivity contribution is 9.10. The fraction of sp³-hybridized carbons (Fsp3) is 0.263. The van der Waals surface area contributed by atoms with Crippen molar-refractivity contribution in [3.63, 3.8) is 0 Å². The molecule has 0 aliphatic carbocycles. The zero-order valence-corrected chi connectivity index (χ0v) is 18.4. The van der Waals surface area contributed by atoms with Crippen LogP contribution in [-0.2, 0) is 0 Å². The van der Waals surface area contributed by atoms with Crippen LogP contribution in [0.5, 0.6) is 5.75 Å². The van der Waals surface area contributed by atoms with Crippen LogP contribution >= 0.6 is 38.9 Å². The molecule has 0 N–H and O–H groups in total. The predicted molar refractivity (Wildman–Crippen MR) is 116 cm³/mol. The minimum Gasteiger partial charge on any atom is -0.494 e. The Labute approximate surface area is 175 Å². The molecule has 8 heteroatoms. The van der Waals surface area contributed by atoms with Crippen molar-refractivity contribution in [1.82, 2.24) is 9.88 Å². The lowest BCUT2D eigenvalue weighted by molar-refractivity contribution is 0.0985. The molecule has 0 spiro atoms. The molecule has 1 aromatic heterocycles. The SMILES string of the molecule is COc1ccc(Cl)c2sc(N(CCN(C)C)C(=O)c3ccc(Br)cc3)nc12. The molecular weight excluding hydrogens is 450 g/mol. The number of carbonyl (C=O) groups excluding carboxylic acids is 1. The van der Waals surface area contributed by atoms with Gasteiger partial charge in [-0.1, -0.05) is 38.9 Å². The Kier molecular flexibility index (Phi) is 6.37. The summed E-state index contributed by atoms with van der Waals surface area (Å²) in [6, 6.07) is 10.9. The monoisotopic (exact) mass is 467 g/mol. The van der Waals surface area contributed by atoms with E-state index in [0.717, 1.165) is 9.17 Å². The Hall–Kier alpha value is -1.67. The molecule has 0 saturated carbocycles. The van der Waals surface area contributed by atoms with Gasteiger partial charge < -0.3 is 9.64 Å². The van der Waals surface area contributed by atoms with E-state index in [-0.39, 0.29) is 5.91 Å². The van der Waals surface area contributed by atoms with E-state index in [4.69, 9.17) is 16.3 Å². The van der Waals surface area contributed by atoms with Gasteiger partial charge in [0.05, 0.1) is 16.8 Å². The Morgan fingerprint density at radius 1 is 1.19 bits per heavy atom. The van der Waals surface area contributed by atoms with Crippen molar-refractivity contribution in [2.75, 3.05) is 39.2 Å². The van der Waals surface area contributed by atoms with Gasteiger partial charge in [-0.25, -0.2) is 4.98 Å². The highest BCUT2D eigenvalue weighted by Crippen LogP contribution is 2.39. The van der Waals surface area contributed by atoms with Crippen molar-refractivity contribution in [3.05, 3.63) is 51.5 Å². The third kappa shape index (κ3) is 4.43. The van der Waals surface area contributed by atoms with E-state index in [2.05, 4.69) is 20.9 Å². The first-order chi connectivity index (χ1) is 12.9. The number of halogens is 2. The summed E-state index contributed by atoms with van der Waals surface area (Å²) in [7, 11) is 5.54. The lowest BCUT2D eigenvalue weighted by atomic mass is 10.2. The highest BCUT2D eigenvalue weighted by atomic mass is 79.9. The first-order valence-electron chi connectivity index (χ1n) is 8.26. The van der Waals surface area contributed by atoms with E-state index in [0.29, 0.717) is 40.1 Å². The zero-order chi connectivity index (χ0) is 19.6. The van der Waals surface area contributed by atoms with Gasteiger partial charge in [0.1, 0.15) is 11.3 Å². The van der Waals surface area contributed by atoms with E-state index in [1.807, 2.05) is 31.1 Å². The fourth-order valence-corrected chi connectivity index (χ4v) is 4.10. The van der Waals surface area contributed by atoms with Gasteiger partial charge in [0.2, 0.25) is 0 Å². The summed E-state index contributed by atoms with van der Waals surface area (Å²) < 4.78 is 7.14. The number of hydrogen-bond acceptors (Lipinski definition) is 5. The van der Waals surface area contributed by atoms with Gasteiger partial charge in [0.15, 0.2) is 5.13 Å². The minimum atomic E-state index is -0.0986. The average molecular weight is 469 g/mol. The van der Waals surface area contributed by atoms with Gasteiger partial charge in [-0.05, 0) is 50.5 Å². The average Bonchev–Trinajstić information content (AvgIpc) is 3.08. The second kappa shape index (κ2) is 8.56. The van der Waals surface area contributed by atoms with Crippen LogP contribution in [0.1, 0.15) is 10.4 Å². The zero-order valence-electron chi connectivity index (χ0n) is 15.2. The number of methoxy groups -OCH3 is 1. The number of rotatable bonds is 6. The summed E-state index contributed by atoms with van der Waals surface area (Å²) in [5, 5.41) is 1.20. The van der Waals surface area contributed by atoms with Crippen molar-refractivity contribution >= 4 is 60.1 Å². The first-order valence-corrected chi connectivity index (χ1v) is 10.2. The first kappa shape index (κ1) is 20.1. The lowest BCUT2D eigenvalue weighted by Crippen LogP contribution is -2.36. The fourth-order valence-electron chi connectivity index (χ4n) is 2.55. The van der Waals surface area contributed by atoms with Crippen LogP contribution in [0.3, 0.4) is 0 Å². The molecule has 0 atom stereocenters. The number of carbonyl (C=O) groups is 1. The van der Waals surface area contributed by atoms with E-state index in [1.165, 1.54) is 11.3 Å². The molecule has 0 radical (unpaired) electrons. The number of aromatic nitrogens is 1. The van der Waals surface area contributed by atoms with Crippen LogP contribution in [0.25, 0.3) is 10.2 Å². The molecule has 0 aliphatic rings. The van der Waals surface area contributed by atoms with Crippen LogP contribution in [0.2, 0.25) is 5.02 Å². The molecule has 142 valence electrons. The molecule has 0 aliphatic heterocycles. The van der Waals surface area contributed by atoms with E-state index < -0.39 is 0 Å². The number of thiazole rings is 1. The number of benzene rings is 2. The van der Waals surface area contributed by atoms with Crippen LogP contribution in [-0.4, -0.2) is 50.1 Å². The molecule has 0 fully saturated rings. The molecule has 0 bridgehead atoms. The minimum absolute atomic E-state index is 0.0986. The van der Waals surface area contributed by atoms with Gasteiger partial charge >= 0.3 is 0 Å². The summed E-state index contributed by atoms with van der Waals surface area (Å²) in [5.41, 5.74) is 1.28. The van der Waals surface area contributed by atoms with E-state index >= 15 is 0 Å². The number of nitrogens with zero attached hydrogens (tertiary/aromatic N) is 3.